The number of carbonyl (C=O) groups excluding carboxylic acids is 1. The monoisotopic (exact) mass is 349 g/mol. The van der Waals surface area contributed by atoms with E-state index in [0.29, 0.717) is 25.5 Å². The van der Waals surface area contributed by atoms with Gasteiger partial charge in [-0.15, -0.1) is 0 Å². The molecule has 26 heavy (non-hydrogen) atoms. The number of hydrogen-bond acceptors (Lipinski definition) is 5. The van der Waals surface area contributed by atoms with E-state index in [9.17, 15) is 4.79 Å². The average Bonchev–Trinajstić information content (AvgIpc) is 3.11. The van der Waals surface area contributed by atoms with Crippen LogP contribution in [0.5, 0.6) is 11.6 Å². The lowest BCUT2D eigenvalue weighted by atomic mass is 10.1. The number of methoxy groups -OCH3 is 1. The molecule has 3 heterocycles. The number of hydrogen-bond donors (Lipinski definition) is 1. The fourth-order valence-corrected chi connectivity index (χ4v) is 3.04. The summed E-state index contributed by atoms with van der Waals surface area (Å²) in [7, 11) is 1.64. The zero-order valence-electron chi connectivity index (χ0n) is 14.4. The summed E-state index contributed by atoms with van der Waals surface area (Å²) in [6, 6.07) is 13.5. The third kappa shape index (κ3) is 3.31. The van der Waals surface area contributed by atoms with Crippen LogP contribution in [0.1, 0.15) is 6.42 Å². The highest BCUT2D eigenvalue weighted by molar-refractivity contribution is 5.87. The molecular weight excluding hydrogens is 330 g/mol. The molecule has 1 unspecified atom stereocenters. The molecule has 0 radical (unpaired) electrons. The maximum Gasteiger partial charge on any atom is 0.223 e. The zero-order chi connectivity index (χ0) is 17.9. The first-order valence-corrected chi connectivity index (χ1v) is 8.52. The minimum absolute atomic E-state index is 0.0741. The molecule has 6 heteroatoms. The largest absolute Gasteiger partial charge is 0.497 e. The van der Waals surface area contributed by atoms with Crippen molar-refractivity contribution in [2.24, 2.45) is 5.92 Å². The van der Waals surface area contributed by atoms with E-state index in [1.165, 1.54) is 0 Å². The van der Waals surface area contributed by atoms with Crippen LogP contribution in [0.25, 0.3) is 22.2 Å². The Morgan fingerprint density at radius 2 is 2.08 bits per heavy atom. The summed E-state index contributed by atoms with van der Waals surface area (Å²) in [4.78, 5) is 20.5. The van der Waals surface area contributed by atoms with Crippen molar-refractivity contribution in [1.82, 2.24) is 15.3 Å². The number of amides is 1. The summed E-state index contributed by atoms with van der Waals surface area (Å²) in [5, 5.41) is 3.69. The van der Waals surface area contributed by atoms with Crippen LogP contribution in [0.2, 0.25) is 0 Å². The van der Waals surface area contributed by atoms with Crippen LogP contribution in [-0.4, -0.2) is 36.1 Å². The van der Waals surface area contributed by atoms with E-state index in [2.05, 4.69) is 10.3 Å². The molecule has 3 aromatic rings. The Hall–Kier alpha value is -3.15. The Morgan fingerprint density at radius 3 is 2.81 bits per heavy atom. The van der Waals surface area contributed by atoms with E-state index in [-0.39, 0.29) is 11.8 Å². The van der Waals surface area contributed by atoms with Gasteiger partial charge in [0.25, 0.3) is 0 Å². The number of pyridine rings is 2. The van der Waals surface area contributed by atoms with Gasteiger partial charge in [0.15, 0.2) is 0 Å². The molecule has 1 atom stereocenters. The van der Waals surface area contributed by atoms with E-state index >= 15 is 0 Å². The quantitative estimate of drug-likeness (QED) is 0.767. The van der Waals surface area contributed by atoms with Crippen LogP contribution in [0.15, 0.2) is 48.7 Å². The van der Waals surface area contributed by atoms with Gasteiger partial charge in [0.1, 0.15) is 5.75 Å². The van der Waals surface area contributed by atoms with Crippen LogP contribution >= 0.6 is 0 Å². The number of nitrogens with one attached hydrogen (secondary N) is 1. The first-order valence-electron chi connectivity index (χ1n) is 8.52. The van der Waals surface area contributed by atoms with Gasteiger partial charge in [-0.2, -0.15) is 0 Å². The summed E-state index contributed by atoms with van der Waals surface area (Å²) in [6.07, 6.45) is 2.25. The average molecular weight is 349 g/mol. The third-order valence-corrected chi connectivity index (χ3v) is 4.47. The molecule has 132 valence electrons. The van der Waals surface area contributed by atoms with Crippen molar-refractivity contribution in [3.05, 3.63) is 48.7 Å². The van der Waals surface area contributed by atoms with Crippen molar-refractivity contribution in [3.8, 4) is 22.9 Å². The molecule has 4 rings (SSSR count). The molecule has 1 aliphatic rings. The van der Waals surface area contributed by atoms with E-state index in [4.69, 9.17) is 14.5 Å². The molecule has 6 nitrogen and oxygen atoms in total. The molecule has 0 bridgehead atoms. The van der Waals surface area contributed by atoms with E-state index in [1.54, 1.807) is 13.3 Å². The molecule has 1 aromatic carbocycles. The number of aromatic nitrogens is 2. The van der Waals surface area contributed by atoms with Gasteiger partial charge >= 0.3 is 0 Å². The smallest absolute Gasteiger partial charge is 0.223 e. The standard InChI is InChI=1S/C20H19N3O3/c1-25-15-6-4-14(5-7-15)17-10-18-16(3-2-8-21-18)20(23-17)26-12-13-9-19(24)22-11-13/h2-8,10,13H,9,11-12H2,1H3,(H,22,24). The highest BCUT2D eigenvalue weighted by Crippen LogP contribution is 2.29. The second-order valence-electron chi connectivity index (χ2n) is 6.30. The first kappa shape index (κ1) is 16.3. The SMILES string of the molecule is COc1ccc(-c2cc3ncccc3c(OCC3CNC(=O)C3)n2)cc1. The Balaban J connectivity index is 1.67. The molecule has 1 fully saturated rings. The molecule has 2 aromatic heterocycles. The van der Waals surface area contributed by atoms with Crippen molar-refractivity contribution in [3.63, 3.8) is 0 Å². The molecule has 0 spiro atoms. The Bertz CT molecular complexity index is 941. The normalized spacial score (nSPS) is 16.5. The lowest BCUT2D eigenvalue weighted by Gasteiger charge is -2.13. The number of nitrogens with zero attached hydrogens (tertiary/aromatic N) is 2. The van der Waals surface area contributed by atoms with Gasteiger partial charge in [-0.05, 0) is 42.5 Å². The minimum atomic E-state index is 0.0741. The van der Waals surface area contributed by atoms with Crippen molar-refractivity contribution >= 4 is 16.8 Å². The van der Waals surface area contributed by atoms with Crippen LogP contribution in [-0.2, 0) is 4.79 Å². The minimum Gasteiger partial charge on any atom is -0.497 e. The van der Waals surface area contributed by atoms with E-state index in [0.717, 1.165) is 27.9 Å². The molecule has 1 saturated heterocycles. The van der Waals surface area contributed by atoms with Gasteiger partial charge in [0.05, 0.1) is 30.3 Å². The Labute approximate surface area is 151 Å². The fraction of sp³-hybridized carbons (Fsp3) is 0.250. The van der Waals surface area contributed by atoms with Gasteiger partial charge in [-0.25, -0.2) is 4.98 Å². The predicted octanol–water partition coefficient (Wildman–Crippen LogP) is 2.82. The second-order valence-corrected chi connectivity index (χ2v) is 6.30. The number of fused-ring (bicyclic) bond motifs is 1. The highest BCUT2D eigenvalue weighted by Gasteiger charge is 2.22. The summed E-state index contributed by atoms with van der Waals surface area (Å²) in [5.41, 5.74) is 2.57. The topological polar surface area (TPSA) is 73.3 Å². The highest BCUT2D eigenvalue weighted by atomic mass is 16.5. The second kappa shape index (κ2) is 7.00. The summed E-state index contributed by atoms with van der Waals surface area (Å²) >= 11 is 0. The Morgan fingerprint density at radius 1 is 1.23 bits per heavy atom. The molecule has 0 saturated carbocycles. The molecule has 1 amide bonds. The lowest BCUT2D eigenvalue weighted by Crippen LogP contribution is -2.17. The van der Waals surface area contributed by atoms with Crippen molar-refractivity contribution in [2.75, 3.05) is 20.3 Å². The van der Waals surface area contributed by atoms with Gasteiger partial charge in [0, 0.05) is 30.6 Å². The van der Waals surface area contributed by atoms with Gasteiger partial charge < -0.3 is 14.8 Å². The van der Waals surface area contributed by atoms with Crippen molar-refractivity contribution in [2.45, 2.75) is 6.42 Å². The third-order valence-electron chi connectivity index (χ3n) is 4.47. The van der Waals surface area contributed by atoms with Crippen molar-refractivity contribution < 1.29 is 14.3 Å². The van der Waals surface area contributed by atoms with Gasteiger partial charge in [-0.1, -0.05) is 0 Å². The number of rotatable bonds is 5. The summed E-state index contributed by atoms with van der Waals surface area (Å²) < 4.78 is 11.2. The van der Waals surface area contributed by atoms with Crippen LogP contribution < -0.4 is 14.8 Å². The van der Waals surface area contributed by atoms with Crippen LogP contribution in [0.4, 0.5) is 0 Å². The summed E-state index contributed by atoms with van der Waals surface area (Å²) in [6.45, 7) is 1.09. The molecule has 1 N–H and O–H groups in total. The fourth-order valence-electron chi connectivity index (χ4n) is 3.04. The maximum absolute atomic E-state index is 11.4. The van der Waals surface area contributed by atoms with Gasteiger partial charge in [0.2, 0.25) is 11.8 Å². The molecule has 1 aliphatic heterocycles. The zero-order valence-corrected chi connectivity index (χ0v) is 14.4. The van der Waals surface area contributed by atoms with Crippen molar-refractivity contribution in [1.29, 1.82) is 0 Å². The molecular formula is C20H19N3O3. The molecule has 0 aliphatic carbocycles. The lowest BCUT2D eigenvalue weighted by molar-refractivity contribution is -0.119. The van der Waals surface area contributed by atoms with E-state index < -0.39 is 0 Å². The summed E-state index contributed by atoms with van der Waals surface area (Å²) in [5.74, 6) is 1.58. The predicted molar refractivity (Wildman–Crippen MR) is 98.1 cm³/mol. The first-order chi connectivity index (χ1) is 12.7. The van der Waals surface area contributed by atoms with Crippen LogP contribution in [0, 0.1) is 5.92 Å². The number of benzene rings is 1. The number of ether oxygens (including phenoxy) is 2. The number of carbonyl (C=O) groups is 1. The van der Waals surface area contributed by atoms with E-state index in [1.807, 2.05) is 42.5 Å². The van der Waals surface area contributed by atoms with Crippen LogP contribution in [0.3, 0.4) is 0 Å². The Kier molecular flexibility index (Phi) is 4.39. The van der Waals surface area contributed by atoms with Gasteiger partial charge in [-0.3, -0.25) is 9.78 Å². The maximum atomic E-state index is 11.4.